The SMILES string of the molecule is CCN(Cc1ccccc1)c1cnnc(Nc2ccc(N(C)C)cc2)n1. The fourth-order valence-corrected chi connectivity index (χ4v) is 2.63. The van der Waals surface area contributed by atoms with Crippen LogP contribution in [-0.4, -0.2) is 35.8 Å². The van der Waals surface area contributed by atoms with Crippen LogP contribution in [0.25, 0.3) is 0 Å². The van der Waals surface area contributed by atoms with Crippen molar-refractivity contribution in [1.82, 2.24) is 15.2 Å². The molecule has 6 nitrogen and oxygen atoms in total. The van der Waals surface area contributed by atoms with Gasteiger partial charge in [0.05, 0.1) is 6.20 Å². The second kappa shape index (κ2) is 8.29. The molecule has 1 aromatic heterocycles. The molecule has 0 saturated heterocycles. The Bertz CT molecular complexity index is 817. The molecule has 26 heavy (non-hydrogen) atoms. The molecule has 1 heterocycles. The first kappa shape index (κ1) is 17.7. The maximum atomic E-state index is 4.62. The van der Waals surface area contributed by atoms with Gasteiger partial charge in [-0.05, 0) is 36.8 Å². The normalized spacial score (nSPS) is 10.4. The summed E-state index contributed by atoms with van der Waals surface area (Å²) in [6.45, 7) is 3.73. The van der Waals surface area contributed by atoms with E-state index in [4.69, 9.17) is 0 Å². The zero-order valence-corrected chi connectivity index (χ0v) is 15.4. The Labute approximate surface area is 154 Å². The van der Waals surface area contributed by atoms with Crippen molar-refractivity contribution in [2.24, 2.45) is 0 Å². The molecule has 0 saturated carbocycles. The van der Waals surface area contributed by atoms with Gasteiger partial charge in [0.15, 0.2) is 5.82 Å². The van der Waals surface area contributed by atoms with Gasteiger partial charge in [0, 0.05) is 38.6 Å². The first-order valence-electron chi connectivity index (χ1n) is 8.68. The number of aromatic nitrogens is 3. The second-order valence-corrected chi connectivity index (χ2v) is 6.20. The van der Waals surface area contributed by atoms with E-state index in [2.05, 4.69) is 49.4 Å². The van der Waals surface area contributed by atoms with E-state index in [-0.39, 0.29) is 0 Å². The third-order valence-electron chi connectivity index (χ3n) is 4.11. The van der Waals surface area contributed by atoms with Crippen molar-refractivity contribution in [3.63, 3.8) is 0 Å². The van der Waals surface area contributed by atoms with Crippen molar-refractivity contribution in [1.29, 1.82) is 0 Å². The van der Waals surface area contributed by atoms with Gasteiger partial charge >= 0.3 is 0 Å². The molecule has 1 N–H and O–H groups in total. The molecule has 3 aromatic rings. The van der Waals surface area contributed by atoms with E-state index in [1.165, 1.54) is 5.56 Å². The third kappa shape index (κ3) is 4.47. The zero-order chi connectivity index (χ0) is 18.4. The van der Waals surface area contributed by atoms with Crippen LogP contribution in [0.5, 0.6) is 0 Å². The van der Waals surface area contributed by atoms with Gasteiger partial charge in [-0.3, -0.25) is 0 Å². The highest BCUT2D eigenvalue weighted by Crippen LogP contribution is 2.20. The lowest BCUT2D eigenvalue weighted by Gasteiger charge is -2.21. The van der Waals surface area contributed by atoms with Crippen LogP contribution in [0.1, 0.15) is 12.5 Å². The average Bonchev–Trinajstić information content (AvgIpc) is 2.67. The minimum Gasteiger partial charge on any atom is -0.378 e. The van der Waals surface area contributed by atoms with E-state index in [9.17, 15) is 0 Å². The maximum Gasteiger partial charge on any atom is 0.249 e. The molecule has 0 amide bonds. The van der Waals surface area contributed by atoms with Crippen LogP contribution in [0.3, 0.4) is 0 Å². The molecule has 6 heteroatoms. The van der Waals surface area contributed by atoms with E-state index < -0.39 is 0 Å². The fourth-order valence-electron chi connectivity index (χ4n) is 2.63. The third-order valence-corrected chi connectivity index (χ3v) is 4.11. The van der Waals surface area contributed by atoms with Gasteiger partial charge < -0.3 is 15.1 Å². The molecule has 0 fully saturated rings. The Hall–Kier alpha value is -3.15. The van der Waals surface area contributed by atoms with Gasteiger partial charge in [0.1, 0.15) is 0 Å². The Morgan fingerprint density at radius 3 is 2.35 bits per heavy atom. The van der Waals surface area contributed by atoms with Crippen molar-refractivity contribution < 1.29 is 0 Å². The molecule has 0 unspecified atom stereocenters. The van der Waals surface area contributed by atoms with Gasteiger partial charge in [-0.15, -0.1) is 5.10 Å². The summed E-state index contributed by atoms with van der Waals surface area (Å²) in [5.74, 6) is 1.30. The van der Waals surface area contributed by atoms with E-state index >= 15 is 0 Å². The summed E-state index contributed by atoms with van der Waals surface area (Å²) in [5.41, 5.74) is 3.31. The van der Waals surface area contributed by atoms with Gasteiger partial charge in [-0.25, -0.2) is 0 Å². The molecular weight excluding hydrogens is 324 g/mol. The van der Waals surface area contributed by atoms with Crippen LogP contribution in [-0.2, 0) is 6.54 Å². The molecular formula is C20H24N6. The quantitative estimate of drug-likeness (QED) is 0.702. The predicted molar refractivity (Wildman–Crippen MR) is 107 cm³/mol. The minimum atomic E-state index is 0.492. The van der Waals surface area contributed by atoms with E-state index in [1.54, 1.807) is 6.20 Å². The van der Waals surface area contributed by atoms with Crippen molar-refractivity contribution in [3.8, 4) is 0 Å². The lowest BCUT2D eigenvalue weighted by atomic mass is 10.2. The van der Waals surface area contributed by atoms with Gasteiger partial charge in [-0.1, -0.05) is 30.3 Å². The largest absolute Gasteiger partial charge is 0.378 e. The lowest BCUT2D eigenvalue weighted by Crippen LogP contribution is -2.23. The number of hydrogen-bond donors (Lipinski definition) is 1. The zero-order valence-electron chi connectivity index (χ0n) is 15.4. The molecule has 0 radical (unpaired) electrons. The smallest absolute Gasteiger partial charge is 0.249 e. The van der Waals surface area contributed by atoms with Crippen LogP contribution < -0.4 is 15.1 Å². The number of nitrogens with zero attached hydrogens (tertiary/aromatic N) is 5. The molecule has 0 aliphatic heterocycles. The highest BCUT2D eigenvalue weighted by atomic mass is 15.3. The summed E-state index contributed by atoms with van der Waals surface area (Å²) in [5, 5.41) is 11.4. The summed E-state index contributed by atoms with van der Waals surface area (Å²) in [7, 11) is 4.04. The molecule has 0 aliphatic rings. The molecule has 0 bridgehead atoms. The fraction of sp³-hybridized carbons (Fsp3) is 0.250. The van der Waals surface area contributed by atoms with Gasteiger partial charge in [0.2, 0.25) is 5.95 Å². The number of anilines is 4. The molecule has 0 atom stereocenters. The Kier molecular flexibility index (Phi) is 5.63. The standard InChI is InChI=1S/C20H24N6/c1-4-26(15-16-8-6-5-7-9-16)19-14-21-24-20(23-19)22-17-10-12-18(13-11-17)25(2)3/h5-14H,4,15H2,1-3H3,(H,22,23,24). The van der Waals surface area contributed by atoms with Crippen molar-refractivity contribution >= 4 is 23.1 Å². The summed E-state index contributed by atoms with van der Waals surface area (Å²) in [6.07, 6.45) is 1.70. The highest BCUT2D eigenvalue weighted by molar-refractivity contribution is 5.59. The first-order valence-corrected chi connectivity index (χ1v) is 8.68. The Balaban J connectivity index is 1.74. The number of hydrogen-bond acceptors (Lipinski definition) is 6. The first-order chi connectivity index (χ1) is 12.7. The number of rotatable bonds is 7. The van der Waals surface area contributed by atoms with Crippen LogP contribution in [0.4, 0.5) is 23.1 Å². The summed E-state index contributed by atoms with van der Waals surface area (Å²) in [6, 6.07) is 18.5. The average molecular weight is 348 g/mol. The molecule has 2 aromatic carbocycles. The van der Waals surface area contributed by atoms with E-state index in [1.807, 2.05) is 56.6 Å². The van der Waals surface area contributed by atoms with Crippen LogP contribution >= 0.6 is 0 Å². The van der Waals surface area contributed by atoms with Crippen LogP contribution in [0.2, 0.25) is 0 Å². The molecule has 3 rings (SSSR count). The lowest BCUT2D eigenvalue weighted by molar-refractivity contribution is 0.798. The van der Waals surface area contributed by atoms with Crippen molar-refractivity contribution in [3.05, 3.63) is 66.4 Å². The highest BCUT2D eigenvalue weighted by Gasteiger charge is 2.09. The van der Waals surface area contributed by atoms with Gasteiger partial charge in [-0.2, -0.15) is 10.1 Å². The Morgan fingerprint density at radius 2 is 1.69 bits per heavy atom. The number of nitrogens with one attached hydrogen (secondary N) is 1. The summed E-state index contributed by atoms with van der Waals surface area (Å²) < 4.78 is 0. The monoisotopic (exact) mass is 348 g/mol. The minimum absolute atomic E-state index is 0.492. The second-order valence-electron chi connectivity index (χ2n) is 6.20. The molecule has 0 aliphatic carbocycles. The summed E-state index contributed by atoms with van der Waals surface area (Å²) in [4.78, 5) is 8.86. The Morgan fingerprint density at radius 1 is 0.962 bits per heavy atom. The maximum absolute atomic E-state index is 4.62. The van der Waals surface area contributed by atoms with Crippen molar-refractivity contribution in [2.45, 2.75) is 13.5 Å². The van der Waals surface area contributed by atoms with E-state index in [0.29, 0.717) is 5.95 Å². The summed E-state index contributed by atoms with van der Waals surface area (Å²) >= 11 is 0. The van der Waals surface area contributed by atoms with Gasteiger partial charge in [0.25, 0.3) is 0 Å². The molecule has 0 spiro atoms. The van der Waals surface area contributed by atoms with Crippen LogP contribution in [0.15, 0.2) is 60.8 Å². The van der Waals surface area contributed by atoms with E-state index in [0.717, 1.165) is 30.3 Å². The van der Waals surface area contributed by atoms with Crippen LogP contribution in [0, 0.1) is 0 Å². The molecule has 134 valence electrons. The van der Waals surface area contributed by atoms with Crippen molar-refractivity contribution in [2.75, 3.05) is 35.8 Å². The predicted octanol–water partition coefficient (Wildman–Crippen LogP) is 3.71. The number of benzene rings is 2. The topological polar surface area (TPSA) is 57.2 Å².